The Morgan fingerprint density at radius 1 is 1.00 bits per heavy atom. The van der Waals surface area contributed by atoms with Gasteiger partial charge in [0.15, 0.2) is 5.82 Å². The summed E-state index contributed by atoms with van der Waals surface area (Å²) < 4.78 is 23.3. The van der Waals surface area contributed by atoms with Crippen molar-refractivity contribution in [1.82, 2.24) is 34.3 Å². The van der Waals surface area contributed by atoms with Crippen LogP contribution in [0.4, 0.5) is 16.6 Å². The first kappa shape index (κ1) is 33.4. The van der Waals surface area contributed by atoms with E-state index in [1.807, 2.05) is 40.3 Å². The molecule has 3 fully saturated rings. The maximum absolute atomic E-state index is 13.4. The van der Waals surface area contributed by atoms with Crippen molar-refractivity contribution in [3.05, 3.63) is 65.4 Å². The molecule has 3 saturated heterocycles. The first-order valence-electron chi connectivity index (χ1n) is 16.7. The summed E-state index contributed by atoms with van der Waals surface area (Å²) in [6.45, 7) is 5.07. The van der Waals surface area contributed by atoms with Gasteiger partial charge in [0.25, 0.3) is 0 Å². The number of ether oxygens (including phenoxy) is 1. The van der Waals surface area contributed by atoms with E-state index in [0.29, 0.717) is 48.9 Å². The fourth-order valence-corrected chi connectivity index (χ4v) is 8.16. The Bertz CT molecular complexity index is 1840. The van der Waals surface area contributed by atoms with E-state index in [4.69, 9.17) is 16.3 Å². The summed E-state index contributed by atoms with van der Waals surface area (Å²) in [5, 5.41) is 11.8. The maximum Gasteiger partial charge on any atom is 0.329 e. The van der Waals surface area contributed by atoms with Crippen LogP contribution in [0.15, 0.2) is 59.8 Å². The summed E-state index contributed by atoms with van der Waals surface area (Å²) in [6, 6.07) is 13.8. The SMILES string of the molecule is Cn1nc(N2CCC(=O)NC2=O)c2ccc(C3CCN(CCOc4cccc(S(=O)N5CCC(Nc6ncc(Cl)cn6)CC5)c4)CC3)cc21. The minimum absolute atomic E-state index is 0.220. The van der Waals surface area contributed by atoms with E-state index in [1.54, 1.807) is 17.3 Å². The first-order valence-corrected chi connectivity index (χ1v) is 18.2. The molecule has 7 rings (SSSR count). The zero-order valence-corrected chi connectivity index (χ0v) is 29.0. The molecule has 49 heavy (non-hydrogen) atoms. The number of benzene rings is 2. The number of nitrogens with zero attached hydrogens (tertiary/aromatic N) is 7. The maximum atomic E-state index is 13.4. The highest BCUT2D eigenvalue weighted by Gasteiger charge is 2.29. The summed E-state index contributed by atoms with van der Waals surface area (Å²) in [5.41, 5.74) is 2.25. The number of aryl methyl sites for hydroxylation is 1. The zero-order chi connectivity index (χ0) is 33.9. The van der Waals surface area contributed by atoms with Crippen molar-refractivity contribution in [2.75, 3.05) is 56.1 Å². The van der Waals surface area contributed by atoms with E-state index in [0.717, 1.165) is 66.9 Å². The van der Waals surface area contributed by atoms with Gasteiger partial charge in [-0.3, -0.25) is 24.6 Å². The zero-order valence-electron chi connectivity index (χ0n) is 27.4. The Labute approximate surface area is 292 Å². The number of aromatic nitrogens is 4. The smallest absolute Gasteiger partial charge is 0.329 e. The predicted molar refractivity (Wildman–Crippen MR) is 188 cm³/mol. The molecular weight excluding hydrogens is 666 g/mol. The topological polar surface area (TPSA) is 138 Å². The second kappa shape index (κ2) is 14.8. The molecule has 0 bridgehead atoms. The number of likely N-dealkylation sites (tertiary alicyclic amines) is 1. The summed E-state index contributed by atoms with van der Waals surface area (Å²) >= 11 is 5.88. The summed E-state index contributed by atoms with van der Waals surface area (Å²) in [6.07, 6.45) is 7.18. The number of hydrogen-bond donors (Lipinski definition) is 2. The molecule has 1 unspecified atom stereocenters. The lowest BCUT2D eigenvalue weighted by molar-refractivity contribution is -0.120. The molecule has 3 amide bonds. The highest BCUT2D eigenvalue weighted by molar-refractivity contribution is 7.82. The van der Waals surface area contributed by atoms with Gasteiger partial charge < -0.3 is 10.1 Å². The number of urea groups is 1. The average Bonchev–Trinajstić information content (AvgIpc) is 3.44. The second-order valence-electron chi connectivity index (χ2n) is 12.7. The standard InChI is InChI=1S/C34H40ClN9O4S/c1-41-30-19-24(5-6-29(30)32(40-41)44-16-11-31(45)39-34(44)46)23-7-12-42(13-8-23)17-18-48-27-3-2-4-28(20-27)49(47)43-14-9-26(10-15-43)38-33-36-21-25(35)22-37-33/h2-6,19-23,26H,7-18H2,1H3,(H,36,37,38)(H,39,45,46). The fraction of sp³-hybridized carbons (Fsp3) is 0.441. The minimum atomic E-state index is -1.26. The molecule has 0 aliphatic carbocycles. The van der Waals surface area contributed by atoms with Crippen LogP contribution in [-0.4, -0.2) is 97.0 Å². The highest BCUT2D eigenvalue weighted by Crippen LogP contribution is 2.33. The molecule has 3 aliphatic heterocycles. The highest BCUT2D eigenvalue weighted by atomic mass is 35.5. The Morgan fingerprint density at radius 3 is 2.53 bits per heavy atom. The number of anilines is 2. The number of halogens is 1. The van der Waals surface area contributed by atoms with Gasteiger partial charge in [-0.1, -0.05) is 23.7 Å². The molecule has 15 heteroatoms. The van der Waals surface area contributed by atoms with Crippen LogP contribution in [0, 0.1) is 0 Å². The van der Waals surface area contributed by atoms with Gasteiger partial charge in [0.2, 0.25) is 11.9 Å². The Kier molecular flexibility index (Phi) is 10.1. The van der Waals surface area contributed by atoms with Gasteiger partial charge in [-0.05, 0) is 80.6 Å². The molecule has 13 nitrogen and oxygen atoms in total. The van der Waals surface area contributed by atoms with Gasteiger partial charge in [-0.25, -0.2) is 23.3 Å². The number of imide groups is 1. The lowest BCUT2D eigenvalue weighted by Gasteiger charge is -2.32. The summed E-state index contributed by atoms with van der Waals surface area (Å²) in [4.78, 5) is 37.2. The van der Waals surface area contributed by atoms with Gasteiger partial charge >= 0.3 is 6.03 Å². The van der Waals surface area contributed by atoms with Crippen LogP contribution in [0.2, 0.25) is 5.02 Å². The van der Waals surface area contributed by atoms with Crippen molar-refractivity contribution in [2.45, 2.75) is 49.0 Å². The van der Waals surface area contributed by atoms with E-state index in [9.17, 15) is 13.8 Å². The lowest BCUT2D eigenvalue weighted by atomic mass is 9.89. The third-order valence-corrected chi connectivity index (χ3v) is 11.2. The molecule has 3 aliphatic rings. The van der Waals surface area contributed by atoms with E-state index < -0.39 is 17.0 Å². The van der Waals surface area contributed by atoms with Gasteiger partial charge in [-0.15, -0.1) is 0 Å². The van der Waals surface area contributed by atoms with Crippen molar-refractivity contribution in [3.8, 4) is 5.75 Å². The fourth-order valence-electron chi connectivity index (χ4n) is 6.81. The second-order valence-corrected chi connectivity index (χ2v) is 14.7. The van der Waals surface area contributed by atoms with Crippen molar-refractivity contribution < 1.29 is 18.5 Å². The van der Waals surface area contributed by atoms with Gasteiger partial charge in [0.05, 0.1) is 27.8 Å². The Hall–Kier alpha value is -4.11. The lowest BCUT2D eigenvalue weighted by Crippen LogP contribution is -2.49. The van der Waals surface area contributed by atoms with Crippen LogP contribution in [0.5, 0.6) is 5.75 Å². The molecule has 0 spiro atoms. The molecule has 2 N–H and O–H groups in total. The van der Waals surface area contributed by atoms with Crippen molar-refractivity contribution in [2.24, 2.45) is 7.05 Å². The number of nitrogens with one attached hydrogen (secondary N) is 2. The quantitative estimate of drug-likeness (QED) is 0.247. The average molecular weight is 706 g/mol. The van der Waals surface area contributed by atoms with Gasteiger partial charge in [-0.2, -0.15) is 5.10 Å². The third kappa shape index (κ3) is 7.72. The van der Waals surface area contributed by atoms with Gasteiger partial charge in [0.1, 0.15) is 23.3 Å². The summed E-state index contributed by atoms with van der Waals surface area (Å²) in [5.74, 6) is 2.06. The number of carbonyl (C=O) groups is 2. The molecule has 1 atom stereocenters. The molecular formula is C34H40ClN9O4S. The van der Waals surface area contributed by atoms with E-state index in [1.165, 1.54) is 5.56 Å². The van der Waals surface area contributed by atoms with Crippen molar-refractivity contribution in [1.29, 1.82) is 0 Å². The normalized spacial score (nSPS) is 19.3. The third-order valence-electron chi connectivity index (χ3n) is 9.55. The number of amides is 3. The van der Waals surface area contributed by atoms with E-state index in [2.05, 4.69) is 48.8 Å². The number of fused-ring (bicyclic) bond motifs is 1. The molecule has 0 radical (unpaired) electrons. The number of carbonyl (C=O) groups excluding carboxylic acids is 2. The monoisotopic (exact) mass is 705 g/mol. The van der Waals surface area contributed by atoms with Gasteiger partial charge in [0, 0.05) is 51.1 Å². The van der Waals surface area contributed by atoms with Crippen molar-refractivity contribution >= 4 is 57.2 Å². The molecule has 2 aromatic heterocycles. The van der Waals surface area contributed by atoms with Crippen LogP contribution in [0.1, 0.15) is 43.6 Å². The summed E-state index contributed by atoms with van der Waals surface area (Å²) in [7, 11) is 0.627. The Morgan fingerprint density at radius 2 is 1.78 bits per heavy atom. The minimum Gasteiger partial charge on any atom is -0.492 e. The number of hydrogen-bond acceptors (Lipinski definition) is 9. The molecule has 4 aromatic rings. The van der Waals surface area contributed by atoms with Crippen LogP contribution in [-0.2, 0) is 22.8 Å². The molecule has 5 heterocycles. The van der Waals surface area contributed by atoms with Crippen molar-refractivity contribution in [3.63, 3.8) is 0 Å². The molecule has 2 aromatic carbocycles. The first-order chi connectivity index (χ1) is 23.8. The molecule has 258 valence electrons. The van der Waals surface area contributed by atoms with E-state index in [-0.39, 0.29) is 18.4 Å². The number of rotatable bonds is 10. The van der Waals surface area contributed by atoms with Crippen LogP contribution < -0.4 is 20.3 Å². The largest absolute Gasteiger partial charge is 0.492 e. The number of piperidine rings is 2. The predicted octanol–water partition coefficient (Wildman–Crippen LogP) is 4.32. The van der Waals surface area contributed by atoms with Crippen LogP contribution in [0.3, 0.4) is 0 Å². The molecule has 0 saturated carbocycles. The van der Waals surface area contributed by atoms with E-state index >= 15 is 0 Å². The Balaban J connectivity index is 0.867. The van der Waals surface area contributed by atoms with Crippen LogP contribution >= 0.6 is 11.6 Å². The van der Waals surface area contributed by atoms with Crippen LogP contribution in [0.25, 0.3) is 10.9 Å².